The molecule has 4 heterocycles. The van der Waals surface area contributed by atoms with E-state index in [1.165, 1.54) is 146 Å². The minimum Gasteiger partial charge on any atom is -0.459 e. The summed E-state index contributed by atoms with van der Waals surface area (Å²) in [7, 11) is 0. The van der Waals surface area contributed by atoms with Crippen molar-refractivity contribution in [2.24, 2.45) is 0 Å². The average Bonchev–Trinajstić information content (AvgIpc) is 0.759. The summed E-state index contributed by atoms with van der Waals surface area (Å²) >= 11 is 56.5. The number of hydrogen-bond donors (Lipinski definition) is 2. The van der Waals surface area contributed by atoms with Crippen molar-refractivity contribution in [2.75, 3.05) is 19.8 Å². The molecule has 1 amide bonds. The fraction of sp³-hybridized carbons (Fsp3) is 0.276. The highest BCUT2D eigenvalue weighted by Crippen LogP contribution is 2.42. The number of fused-ring (bicyclic) bond motifs is 1. The van der Waals surface area contributed by atoms with Gasteiger partial charge in [0.1, 0.15) is 62.0 Å². The summed E-state index contributed by atoms with van der Waals surface area (Å²) < 4.78 is 89.0. The summed E-state index contributed by atoms with van der Waals surface area (Å²) in [6.07, 6.45) is -28.5. The van der Waals surface area contributed by atoms with Gasteiger partial charge >= 0.3 is 35.8 Å². The van der Waals surface area contributed by atoms with Gasteiger partial charge in [0.2, 0.25) is 0 Å². The van der Waals surface area contributed by atoms with E-state index >= 15 is 9.59 Å². The number of nitrogens with one attached hydrogen (secondary N) is 1. The van der Waals surface area contributed by atoms with Crippen LogP contribution in [0.3, 0.4) is 0 Å². The topological polar surface area (TPSA) is 281 Å². The minimum absolute atomic E-state index is 0.0145. The monoisotopic (exact) mass is 1650 g/mol. The van der Waals surface area contributed by atoms with Gasteiger partial charge in [-0.1, -0.05) is 165 Å². The van der Waals surface area contributed by atoms with E-state index in [1.807, 2.05) is 0 Å². The number of aliphatic hydroxyl groups is 1. The molecule has 0 saturated carbocycles. The molecule has 564 valence electrons. The normalized spacial score (nSPS) is 25.4. The number of carbonyl (C=O) groups is 7. The van der Waals surface area contributed by atoms with E-state index in [1.54, 1.807) is 60.7 Å². The van der Waals surface area contributed by atoms with Crippen molar-refractivity contribution >= 4 is 146 Å². The van der Waals surface area contributed by atoms with Gasteiger partial charge in [0, 0.05) is 35.7 Å². The molecular weight excluding hydrogens is 1600 g/mol. The third-order valence-electron chi connectivity index (χ3n) is 17.2. The summed E-state index contributed by atoms with van der Waals surface area (Å²) in [5.41, 5.74) is 0.439. The van der Waals surface area contributed by atoms with Crippen molar-refractivity contribution in [2.45, 2.75) is 109 Å². The van der Waals surface area contributed by atoms with Crippen LogP contribution in [-0.2, 0) is 77.7 Å². The lowest BCUT2D eigenvalue weighted by molar-refractivity contribution is -0.383. The van der Waals surface area contributed by atoms with E-state index in [2.05, 4.69) is 5.32 Å². The van der Waals surface area contributed by atoms with E-state index in [9.17, 15) is 29.1 Å². The van der Waals surface area contributed by atoms with Gasteiger partial charge in [0.25, 0.3) is 9.70 Å². The number of rotatable bonds is 23. The number of hydrogen-bond acceptors (Lipinski definition) is 22. The van der Waals surface area contributed by atoms with Crippen LogP contribution in [0.2, 0.25) is 30.1 Å². The smallest absolute Gasteiger partial charge is 0.338 e. The largest absolute Gasteiger partial charge is 0.459 e. The molecule has 2 N–H and O–H groups in total. The van der Waals surface area contributed by atoms with Gasteiger partial charge in [0.05, 0.1) is 46.6 Å². The third-order valence-corrected chi connectivity index (χ3v) is 19.3. The number of amides is 1. The molecule has 8 aromatic carbocycles. The SMILES string of the molecule is O=C(OC[C@H]1O[C@@H](O[C@H]2[C@H](OC(=O)c3ccc(Cl)cc3)[C@@H](OC(=O)c3ccc(Cl)cc3)[C@H](OCc3ccccc3)O[C@@H]2COC(=O)c2ccc(Cl)cc2)[C@H](OC(=O)c2ccc(Cl)cc2)[C@@H](O[C@@H]2O[C@@H]3COC(c4ccc(Cl)cc4)O[C@H]3[C@H](O)[C@H]2NC(=O)C(Cl)(Cl)Cl)[C@H]1OC(=O)c1ccccc1)c1ccc(Cl)cc1. The van der Waals surface area contributed by atoms with Crippen LogP contribution in [0.4, 0.5) is 0 Å². The predicted octanol–water partition coefficient (Wildman–Crippen LogP) is 14.0. The van der Waals surface area contributed by atoms with E-state index in [-0.39, 0.29) is 71.7 Å². The zero-order chi connectivity index (χ0) is 76.3. The van der Waals surface area contributed by atoms with Crippen LogP contribution < -0.4 is 5.32 Å². The van der Waals surface area contributed by atoms with Gasteiger partial charge in [-0.3, -0.25) is 4.79 Å². The fourth-order valence-corrected chi connectivity index (χ4v) is 12.7. The highest BCUT2D eigenvalue weighted by atomic mass is 35.6. The van der Waals surface area contributed by atoms with Crippen molar-refractivity contribution in [1.82, 2.24) is 5.32 Å². The molecule has 108 heavy (non-hydrogen) atoms. The molecular formula is C76H60Cl9NO22. The van der Waals surface area contributed by atoms with Crippen LogP contribution in [0.5, 0.6) is 0 Å². The third kappa shape index (κ3) is 20.3. The van der Waals surface area contributed by atoms with Crippen molar-refractivity contribution < 1.29 is 105 Å². The van der Waals surface area contributed by atoms with Crippen LogP contribution in [0, 0.1) is 0 Å². The lowest BCUT2D eigenvalue weighted by atomic mass is 9.94. The minimum atomic E-state index is -2.76. The molecule has 4 fully saturated rings. The van der Waals surface area contributed by atoms with Gasteiger partial charge < -0.3 is 76.7 Å². The standard InChI is InChI=1S/C76H60Cl9NO22/c77-47-23-11-41(12-24-47)65(88)95-36-54-59(102-67(90)40-9-5-2-6-10-40)62(108-72-56(86-75(94)76(83,84)85)57(87)58-53(99-72)38-98-71(106-58)46-21-33-52(82)34-22-46)64(105-70(93)45-19-31-51(81)32-20-45)74(101-54)107-60-55(37-96-66(89)42-13-25-48(78)26-14-42)100-73(97-35-39-7-3-1-4-8-39)63(104-69(92)44-17-29-50(80)30-18-44)61(60)103-68(91)43-15-27-49(79)28-16-43/h1-34,53-64,71-74,87H,35-38H2,(H,86,94)/t53-,54-,55-,56-,57-,58-,59+,60-,61+,62+,63-,64-,71?,72+,73-,74+/m1/s1. The fourth-order valence-electron chi connectivity index (χ4n) is 11.8. The summed E-state index contributed by atoms with van der Waals surface area (Å²) in [4.78, 5) is 103. The van der Waals surface area contributed by atoms with E-state index < -0.39 is 157 Å². The first-order valence-corrected chi connectivity index (χ1v) is 36.3. The number of ether oxygens (including phenoxy) is 14. The molecule has 23 nitrogen and oxygen atoms in total. The summed E-state index contributed by atoms with van der Waals surface area (Å²) in [5, 5.41) is 16.8. The Morgan fingerprint density at radius 1 is 0.407 bits per heavy atom. The van der Waals surface area contributed by atoms with Gasteiger partial charge in [0.15, 0.2) is 49.6 Å². The average molecular weight is 1660 g/mol. The zero-order valence-electron chi connectivity index (χ0n) is 55.6. The lowest BCUT2D eigenvalue weighted by Crippen LogP contribution is -2.71. The first kappa shape index (κ1) is 79.8. The van der Waals surface area contributed by atoms with Crippen molar-refractivity contribution in [3.05, 3.63) is 281 Å². The molecule has 4 aliphatic rings. The molecule has 4 saturated heterocycles. The zero-order valence-corrected chi connectivity index (χ0v) is 62.4. The van der Waals surface area contributed by atoms with Gasteiger partial charge in [-0.25, -0.2) is 28.8 Å². The van der Waals surface area contributed by atoms with Crippen molar-refractivity contribution in [1.29, 1.82) is 0 Å². The highest BCUT2D eigenvalue weighted by Gasteiger charge is 2.60. The molecule has 0 aliphatic carbocycles. The second-order valence-corrected chi connectivity index (χ2v) is 29.4. The molecule has 4 aliphatic heterocycles. The van der Waals surface area contributed by atoms with Gasteiger partial charge in [-0.05, 0) is 151 Å². The second-order valence-electron chi connectivity index (χ2n) is 24.5. The Morgan fingerprint density at radius 2 is 0.787 bits per heavy atom. The highest BCUT2D eigenvalue weighted by molar-refractivity contribution is 6.76. The Labute approximate surface area is 661 Å². The number of alkyl halides is 3. The van der Waals surface area contributed by atoms with E-state index in [4.69, 9.17) is 171 Å². The Hall–Kier alpha value is -7.70. The molecule has 16 atom stereocenters. The molecule has 0 radical (unpaired) electrons. The summed E-state index contributed by atoms with van der Waals surface area (Å²) in [6.45, 7) is -2.46. The summed E-state index contributed by atoms with van der Waals surface area (Å²) in [5.74, 6) is -7.83. The van der Waals surface area contributed by atoms with Crippen LogP contribution >= 0.6 is 104 Å². The molecule has 12 rings (SSSR count). The molecule has 1 unspecified atom stereocenters. The predicted molar refractivity (Wildman–Crippen MR) is 391 cm³/mol. The number of aliphatic hydroxyl groups excluding tert-OH is 1. The molecule has 0 spiro atoms. The summed E-state index contributed by atoms with van der Waals surface area (Å²) in [6, 6.07) is 48.0. The molecule has 0 aromatic heterocycles. The quantitative estimate of drug-likeness (QED) is 0.0342. The number of esters is 6. The maximum absolute atomic E-state index is 15.3. The maximum Gasteiger partial charge on any atom is 0.338 e. The lowest BCUT2D eigenvalue weighted by Gasteiger charge is -2.51. The van der Waals surface area contributed by atoms with Crippen LogP contribution in [0.1, 0.15) is 79.6 Å². The maximum atomic E-state index is 15.3. The van der Waals surface area contributed by atoms with Crippen molar-refractivity contribution in [3.8, 4) is 0 Å². The van der Waals surface area contributed by atoms with Gasteiger partial charge in [-0.15, -0.1) is 0 Å². The van der Waals surface area contributed by atoms with Crippen LogP contribution in [-0.4, -0.2) is 162 Å². The van der Waals surface area contributed by atoms with Crippen LogP contribution in [0.25, 0.3) is 0 Å². The first-order valence-electron chi connectivity index (χ1n) is 32.9. The second kappa shape index (κ2) is 36.4. The Bertz CT molecular complexity index is 4440. The first-order chi connectivity index (χ1) is 51.9. The number of halogens is 9. The van der Waals surface area contributed by atoms with Crippen molar-refractivity contribution in [3.63, 3.8) is 0 Å². The Balaban J connectivity index is 1.04. The number of benzene rings is 8. The van der Waals surface area contributed by atoms with E-state index in [0.29, 0.717) is 16.1 Å². The van der Waals surface area contributed by atoms with Gasteiger partial charge in [-0.2, -0.15) is 0 Å². The van der Waals surface area contributed by atoms with Crippen LogP contribution in [0.15, 0.2) is 206 Å². The molecule has 8 aromatic rings. The number of carbonyl (C=O) groups excluding carboxylic acids is 7. The molecule has 0 bridgehead atoms. The Morgan fingerprint density at radius 3 is 1.25 bits per heavy atom. The van der Waals surface area contributed by atoms with E-state index in [0.717, 1.165) is 0 Å². The molecule has 32 heteroatoms. The Kier molecular flexibility index (Phi) is 26.9.